The van der Waals surface area contributed by atoms with E-state index in [1.54, 1.807) is 12.4 Å². The molecule has 6 rings (SSSR count). The van der Waals surface area contributed by atoms with Crippen LogP contribution in [0.2, 0.25) is 0 Å². The van der Waals surface area contributed by atoms with Crippen LogP contribution in [-0.4, -0.2) is 48.1 Å². The van der Waals surface area contributed by atoms with Gasteiger partial charge in [-0.2, -0.15) is 10.1 Å². The average molecular weight is 459 g/mol. The van der Waals surface area contributed by atoms with Crippen LogP contribution in [0, 0.1) is 5.92 Å². The molecule has 0 unspecified atom stereocenters. The van der Waals surface area contributed by atoms with Gasteiger partial charge in [-0.25, -0.2) is 9.97 Å². The van der Waals surface area contributed by atoms with Gasteiger partial charge < -0.3 is 15.0 Å². The van der Waals surface area contributed by atoms with Crippen molar-refractivity contribution in [2.24, 2.45) is 5.92 Å². The molecule has 0 aromatic carbocycles. The first-order chi connectivity index (χ1) is 16.6. The Labute approximate surface area is 196 Å². The fourth-order valence-corrected chi connectivity index (χ4v) is 4.68. The zero-order valence-corrected chi connectivity index (χ0v) is 19.0. The standard InChI is InChI=1S/C24H26N8O2/c1-24(16-2-3-16,17-4-5-19(26-11-17)20-12-28-21(25)13-27-20)23-30-22(34-31-23)15-10-29-32(14-15)18-6-8-33-9-7-18/h4-5,10-14,16,18H,2-3,6-9H2,1H3,(H2,25,28)/t24-/m0/s1. The molecule has 10 nitrogen and oxygen atoms in total. The van der Waals surface area contributed by atoms with Crippen LogP contribution in [0.1, 0.15) is 50.0 Å². The first kappa shape index (κ1) is 20.9. The zero-order valence-electron chi connectivity index (χ0n) is 19.0. The molecular formula is C24H26N8O2. The van der Waals surface area contributed by atoms with Crippen LogP contribution in [0.5, 0.6) is 0 Å². The number of aromatic nitrogens is 7. The predicted octanol–water partition coefficient (Wildman–Crippen LogP) is 3.43. The van der Waals surface area contributed by atoms with Gasteiger partial charge >= 0.3 is 0 Å². The number of ether oxygens (including phenoxy) is 1. The molecule has 2 aliphatic rings. The highest BCUT2D eigenvalue weighted by Gasteiger charge is 2.47. The van der Waals surface area contributed by atoms with Crippen molar-refractivity contribution in [2.45, 2.75) is 44.1 Å². The Hall–Kier alpha value is -3.66. The largest absolute Gasteiger partial charge is 0.382 e. The SMILES string of the molecule is C[C@](c1ccc(-c2cnc(N)cn2)nc1)(c1noc(-c2cnn(C3CCOCC3)c2)n1)C1CC1. The van der Waals surface area contributed by atoms with Gasteiger partial charge in [0.25, 0.3) is 5.89 Å². The minimum absolute atomic E-state index is 0.344. The van der Waals surface area contributed by atoms with Gasteiger partial charge in [-0.1, -0.05) is 11.2 Å². The molecule has 0 amide bonds. The second-order valence-corrected chi connectivity index (χ2v) is 9.21. The first-order valence-electron chi connectivity index (χ1n) is 11.6. The molecule has 4 aromatic heterocycles. The highest BCUT2D eigenvalue weighted by atomic mass is 16.5. The Kier molecular flexibility index (Phi) is 5.09. The summed E-state index contributed by atoms with van der Waals surface area (Å²) in [5.41, 5.74) is 8.55. The Morgan fingerprint density at radius 3 is 2.50 bits per heavy atom. The smallest absolute Gasteiger partial charge is 0.261 e. The summed E-state index contributed by atoms with van der Waals surface area (Å²) in [6.45, 7) is 3.70. The van der Waals surface area contributed by atoms with Gasteiger partial charge in [-0.3, -0.25) is 9.67 Å². The van der Waals surface area contributed by atoms with Crippen molar-refractivity contribution in [3.8, 4) is 22.8 Å². The van der Waals surface area contributed by atoms with Crippen molar-refractivity contribution in [1.82, 2.24) is 34.9 Å². The second-order valence-electron chi connectivity index (χ2n) is 9.21. The summed E-state index contributed by atoms with van der Waals surface area (Å²) in [7, 11) is 0. The third kappa shape index (κ3) is 3.73. The fraction of sp³-hybridized carbons (Fsp3) is 0.417. The second kappa shape index (κ2) is 8.28. The van der Waals surface area contributed by atoms with Crippen molar-refractivity contribution in [1.29, 1.82) is 0 Å². The number of nitrogens with two attached hydrogens (primary N) is 1. The fourth-order valence-electron chi connectivity index (χ4n) is 4.68. The van der Waals surface area contributed by atoms with E-state index in [1.165, 1.54) is 6.20 Å². The van der Waals surface area contributed by atoms with Crippen LogP contribution in [0.25, 0.3) is 22.8 Å². The third-order valence-electron chi connectivity index (χ3n) is 7.00. The lowest BCUT2D eigenvalue weighted by Crippen LogP contribution is -2.28. The van der Waals surface area contributed by atoms with E-state index in [9.17, 15) is 0 Å². The maximum absolute atomic E-state index is 5.71. The quantitative estimate of drug-likeness (QED) is 0.461. The van der Waals surface area contributed by atoms with E-state index in [1.807, 2.05) is 23.1 Å². The van der Waals surface area contributed by atoms with E-state index in [0.29, 0.717) is 35.2 Å². The van der Waals surface area contributed by atoms with Crippen molar-refractivity contribution < 1.29 is 9.26 Å². The van der Waals surface area contributed by atoms with Crippen molar-refractivity contribution in [2.75, 3.05) is 18.9 Å². The van der Waals surface area contributed by atoms with Gasteiger partial charge in [0.05, 0.1) is 41.3 Å². The summed E-state index contributed by atoms with van der Waals surface area (Å²) in [6.07, 6.45) is 13.0. The molecule has 5 heterocycles. The van der Waals surface area contributed by atoms with Crippen LogP contribution in [0.3, 0.4) is 0 Å². The van der Waals surface area contributed by atoms with Gasteiger partial charge in [-0.15, -0.1) is 0 Å². The maximum Gasteiger partial charge on any atom is 0.261 e. The topological polar surface area (TPSA) is 131 Å². The van der Waals surface area contributed by atoms with Crippen LogP contribution in [0.15, 0.2) is 47.6 Å². The molecule has 1 aliphatic heterocycles. The van der Waals surface area contributed by atoms with Crippen molar-refractivity contribution in [3.63, 3.8) is 0 Å². The predicted molar refractivity (Wildman–Crippen MR) is 123 cm³/mol. The Bertz CT molecular complexity index is 1270. The molecule has 4 aromatic rings. The van der Waals surface area contributed by atoms with E-state index in [2.05, 4.69) is 38.2 Å². The molecule has 1 saturated heterocycles. The third-order valence-corrected chi connectivity index (χ3v) is 7.00. The lowest BCUT2D eigenvalue weighted by Gasteiger charge is -2.26. The number of hydrogen-bond acceptors (Lipinski definition) is 9. The molecular weight excluding hydrogens is 432 g/mol. The van der Waals surface area contributed by atoms with E-state index in [0.717, 1.165) is 55.7 Å². The lowest BCUT2D eigenvalue weighted by molar-refractivity contribution is 0.0662. The average Bonchev–Trinajstić information content (AvgIpc) is 3.41. The number of nitrogen functional groups attached to an aromatic ring is 1. The summed E-state index contributed by atoms with van der Waals surface area (Å²) in [6, 6.07) is 4.37. The van der Waals surface area contributed by atoms with Gasteiger partial charge in [0.1, 0.15) is 11.5 Å². The number of nitrogens with zero attached hydrogens (tertiary/aromatic N) is 7. The summed E-state index contributed by atoms with van der Waals surface area (Å²) in [5.74, 6) is 1.98. The normalized spacial score (nSPS) is 18.6. The zero-order chi connectivity index (χ0) is 23.1. The molecule has 0 radical (unpaired) electrons. The van der Waals surface area contributed by atoms with Gasteiger partial charge in [-0.05, 0) is 50.2 Å². The Balaban J connectivity index is 1.28. The molecule has 2 N–H and O–H groups in total. The summed E-state index contributed by atoms with van der Waals surface area (Å²) < 4.78 is 13.2. The van der Waals surface area contributed by atoms with Crippen LogP contribution >= 0.6 is 0 Å². The monoisotopic (exact) mass is 458 g/mol. The highest BCUT2D eigenvalue weighted by molar-refractivity contribution is 5.55. The Morgan fingerprint density at radius 2 is 1.79 bits per heavy atom. The molecule has 34 heavy (non-hydrogen) atoms. The molecule has 10 heteroatoms. The van der Waals surface area contributed by atoms with Crippen LogP contribution in [0.4, 0.5) is 5.82 Å². The number of pyridine rings is 1. The van der Waals surface area contributed by atoms with E-state index in [-0.39, 0.29) is 0 Å². The van der Waals surface area contributed by atoms with E-state index >= 15 is 0 Å². The van der Waals surface area contributed by atoms with E-state index < -0.39 is 5.41 Å². The highest BCUT2D eigenvalue weighted by Crippen LogP contribution is 2.50. The van der Waals surface area contributed by atoms with Gasteiger partial charge in [0.2, 0.25) is 0 Å². The maximum atomic E-state index is 5.71. The van der Waals surface area contributed by atoms with Gasteiger partial charge in [0, 0.05) is 25.6 Å². The molecule has 1 aliphatic carbocycles. The molecule has 0 bridgehead atoms. The van der Waals surface area contributed by atoms with Crippen LogP contribution in [-0.2, 0) is 10.2 Å². The summed E-state index contributed by atoms with van der Waals surface area (Å²) in [4.78, 5) is 17.9. The van der Waals surface area contributed by atoms with Crippen molar-refractivity contribution in [3.05, 3.63) is 54.5 Å². The molecule has 0 spiro atoms. The Morgan fingerprint density at radius 1 is 0.971 bits per heavy atom. The van der Waals surface area contributed by atoms with Crippen LogP contribution < -0.4 is 5.73 Å². The number of hydrogen-bond donors (Lipinski definition) is 1. The van der Waals surface area contributed by atoms with Gasteiger partial charge in [0.15, 0.2) is 5.82 Å². The minimum atomic E-state index is -0.392. The first-order valence-corrected chi connectivity index (χ1v) is 11.6. The van der Waals surface area contributed by atoms with E-state index in [4.69, 9.17) is 20.0 Å². The van der Waals surface area contributed by atoms with Crippen molar-refractivity contribution >= 4 is 5.82 Å². The molecule has 2 fully saturated rings. The molecule has 174 valence electrons. The summed E-state index contributed by atoms with van der Waals surface area (Å²) >= 11 is 0. The number of rotatable bonds is 6. The minimum Gasteiger partial charge on any atom is -0.382 e. The number of anilines is 1. The molecule has 1 atom stereocenters. The molecule has 1 saturated carbocycles. The summed E-state index contributed by atoms with van der Waals surface area (Å²) in [5, 5.41) is 8.95. The lowest BCUT2D eigenvalue weighted by atomic mass is 9.77.